The first-order chi connectivity index (χ1) is 14.7. The monoisotopic (exact) mass is 401 g/mol. The average molecular weight is 402 g/mol. The molecule has 0 spiro atoms. The molecule has 0 amide bonds. The molecule has 0 saturated carbocycles. The maximum Gasteiger partial charge on any atom is 0.123 e. The smallest absolute Gasteiger partial charge is 0.123 e. The molecule has 0 radical (unpaired) electrons. The maximum absolute atomic E-state index is 13.4. The minimum atomic E-state index is -0.214. The molecule has 5 rings (SSSR count). The number of aromatic nitrogens is 2. The molecule has 0 saturated heterocycles. The van der Waals surface area contributed by atoms with Crippen LogP contribution in [0.25, 0.3) is 5.69 Å². The molecule has 3 aromatic rings. The third-order valence-electron chi connectivity index (χ3n) is 7.00. The Labute approximate surface area is 177 Å². The van der Waals surface area contributed by atoms with E-state index in [-0.39, 0.29) is 5.82 Å². The van der Waals surface area contributed by atoms with Crippen LogP contribution in [-0.2, 0) is 6.42 Å². The highest BCUT2D eigenvalue weighted by atomic mass is 19.1. The standard InChI is InChI=1S/C26H28FN3/c1-17-23-16-29-30(22-12-10-21(27)11-13-22)25(23)15-20-9-8-19(26(17)20)14-24(28-2)18-6-4-3-5-7-18/h3-7,10-13,16-17,19,24,28H,8-9,14-15H2,1-2H3/t17-,19+,24?/m0/s1. The van der Waals surface area contributed by atoms with Gasteiger partial charge in [-0.15, -0.1) is 0 Å². The summed E-state index contributed by atoms with van der Waals surface area (Å²) in [6.07, 6.45) is 6.51. The number of allylic oxidation sites excluding steroid dienone is 2. The predicted molar refractivity (Wildman–Crippen MR) is 118 cm³/mol. The highest BCUT2D eigenvalue weighted by molar-refractivity contribution is 5.47. The number of nitrogens with one attached hydrogen (secondary N) is 1. The van der Waals surface area contributed by atoms with Crippen molar-refractivity contribution in [1.82, 2.24) is 15.1 Å². The van der Waals surface area contributed by atoms with Crippen LogP contribution in [0.3, 0.4) is 0 Å². The van der Waals surface area contributed by atoms with E-state index in [1.54, 1.807) is 11.1 Å². The predicted octanol–water partition coefficient (Wildman–Crippen LogP) is 5.73. The summed E-state index contributed by atoms with van der Waals surface area (Å²) in [5.74, 6) is 0.781. The summed E-state index contributed by atoms with van der Waals surface area (Å²) >= 11 is 0. The maximum atomic E-state index is 13.4. The SMILES string of the molecule is CNC(C[C@H]1CCC2=C1[C@@H](C)c1cnn(-c3ccc(F)cc3)c1C2)c1ccccc1. The lowest BCUT2D eigenvalue weighted by molar-refractivity contribution is 0.433. The Balaban J connectivity index is 1.42. The first-order valence-corrected chi connectivity index (χ1v) is 10.9. The van der Waals surface area contributed by atoms with Gasteiger partial charge in [0, 0.05) is 23.9 Å². The van der Waals surface area contributed by atoms with Crippen molar-refractivity contribution in [3.63, 3.8) is 0 Å². The van der Waals surface area contributed by atoms with Crippen LogP contribution in [0.15, 0.2) is 71.9 Å². The molecule has 1 aromatic heterocycles. The fraction of sp³-hybridized carbons (Fsp3) is 0.346. The number of hydrogen-bond acceptors (Lipinski definition) is 2. The van der Waals surface area contributed by atoms with E-state index < -0.39 is 0 Å². The van der Waals surface area contributed by atoms with Gasteiger partial charge in [0.2, 0.25) is 0 Å². The lowest BCUT2D eigenvalue weighted by atomic mass is 9.78. The van der Waals surface area contributed by atoms with Crippen LogP contribution in [0.5, 0.6) is 0 Å². The van der Waals surface area contributed by atoms with Gasteiger partial charge < -0.3 is 5.32 Å². The van der Waals surface area contributed by atoms with Gasteiger partial charge in [-0.25, -0.2) is 9.07 Å². The molecule has 2 aliphatic rings. The molecule has 154 valence electrons. The zero-order valence-corrected chi connectivity index (χ0v) is 17.6. The molecule has 1 unspecified atom stereocenters. The zero-order valence-electron chi connectivity index (χ0n) is 17.6. The van der Waals surface area contributed by atoms with Crippen molar-refractivity contribution in [3.05, 3.63) is 94.6 Å². The molecule has 1 heterocycles. The number of nitrogens with zero attached hydrogens (tertiary/aromatic N) is 2. The van der Waals surface area contributed by atoms with Gasteiger partial charge in [0.1, 0.15) is 5.82 Å². The summed E-state index contributed by atoms with van der Waals surface area (Å²) in [5, 5.41) is 8.22. The largest absolute Gasteiger partial charge is 0.313 e. The molecule has 2 aromatic carbocycles. The summed E-state index contributed by atoms with van der Waals surface area (Å²) in [7, 11) is 2.07. The van der Waals surface area contributed by atoms with Crippen molar-refractivity contribution in [2.45, 2.75) is 44.6 Å². The third kappa shape index (κ3) is 3.29. The number of benzene rings is 2. The van der Waals surface area contributed by atoms with Crippen molar-refractivity contribution in [2.24, 2.45) is 5.92 Å². The normalized spacial score (nSPS) is 21.4. The molecular weight excluding hydrogens is 373 g/mol. The fourth-order valence-corrected chi connectivity index (χ4v) is 5.52. The van der Waals surface area contributed by atoms with Crippen LogP contribution in [0, 0.1) is 11.7 Å². The molecule has 4 heteroatoms. The fourth-order valence-electron chi connectivity index (χ4n) is 5.52. The van der Waals surface area contributed by atoms with E-state index in [0.29, 0.717) is 17.9 Å². The lowest BCUT2D eigenvalue weighted by Gasteiger charge is -2.29. The van der Waals surface area contributed by atoms with Gasteiger partial charge in [0.25, 0.3) is 0 Å². The van der Waals surface area contributed by atoms with Gasteiger partial charge in [-0.1, -0.05) is 48.4 Å². The molecule has 3 nitrogen and oxygen atoms in total. The lowest BCUT2D eigenvalue weighted by Crippen LogP contribution is -2.22. The van der Waals surface area contributed by atoms with Crippen LogP contribution in [0.2, 0.25) is 0 Å². The Kier molecular flexibility index (Phi) is 5.03. The molecule has 2 aliphatic carbocycles. The average Bonchev–Trinajstić information content (AvgIpc) is 3.38. The van der Waals surface area contributed by atoms with Gasteiger partial charge in [-0.3, -0.25) is 0 Å². The second-order valence-electron chi connectivity index (χ2n) is 8.62. The summed E-state index contributed by atoms with van der Waals surface area (Å²) in [6, 6.07) is 17.8. The van der Waals surface area contributed by atoms with Crippen molar-refractivity contribution in [3.8, 4) is 5.69 Å². The van der Waals surface area contributed by atoms with Gasteiger partial charge in [-0.2, -0.15) is 5.10 Å². The molecule has 0 aliphatic heterocycles. The van der Waals surface area contributed by atoms with E-state index >= 15 is 0 Å². The van der Waals surface area contributed by atoms with Crippen LogP contribution in [-0.4, -0.2) is 16.8 Å². The van der Waals surface area contributed by atoms with Crippen molar-refractivity contribution >= 4 is 0 Å². The van der Waals surface area contributed by atoms with E-state index in [1.807, 2.05) is 23.0 Å². The van der Waals surface area contributed by atoms with E-state index in [4.69, 9.17) is 0 Å². The van der Waals surface area contributed by atoms with Gasteiger partial charge in [0.15, 0.2) is 0 Å². The van der Waals surface area contributed by atoms with E-state index in [2.05, 4.69) is 54.7 Å². The second-order valence-corrected chi connectivity index (χ2v) is 8.62. The van der Waals surface area contributed by atoms with Crippen molar-refractivity contribution in [2.75, 3.05) is 7.05 Å². The van der Waals surface area contributed by atoms with Gasteiger partial charge in [0.05, 0.1) is 17.6 Å². The molecule has 30 heavy (non-hydrogen) atoms. The molecule has 0 fully saturated rings. The van der Waals surface area contributed by atoms with Gasteiger partial charge >= 0.3 is 0 Å². The van der Waals surface area contributed by atoms with Crippen LogP contribution in [0.4, 0.5) is 4.39 Å². The van der Waals surface area contributed by atoms with E-state index in [0.717, 1.165) is 18.5 Å². The summed E-state index contributed by atoms with van der Waals surface area (Å²) < 4.78 is 15.4. The van der Waals surface area contributed by atoms with Crippen LogP contribution >= 0.6 is 0 Å². The number of fused-ring (bicyclic) bond motifs is 1. The first kappa shape index (κ1) is 19.3. The minimum absolute atomic E-state index is 0.214. The van der Waals surface area contributed by atoms with Crippen molar-refractivity contribution < 1.29 is 4.39 Å². The minimum Gasteiger partial charge on any atom is -0.313 e. The number of hydrogen-bond donors (Lipinski definition) is 1. The first-order valence-electron chi connectivity index (χ1n) is 10.9. The quantitative estimate of drug-likeness (QED) is 0.554. The topological polar surface area (TPSA) is 29.9 Å². The summed E-state index contributed by atoms with van der Waals surface area (Å²) in [5.41, 5.74) is 8.11. The molecule has 1 N–H and O–H groups in total. The second kappa shape index (κ2) is 7.84. The summed E-state index contributed by atoms with van der Waals surface area (Å²) in [4.78, 5) is 0. The number of rotatable bonds is 5. The van der Waals surface area contributed by atoms with Gasteiger partial charge in [-0.05, 0) is 62.1 Å². The highest BCUT2D eigenvalue weighted by Gasteiger charge is 2.37. The summed E-state index contributed by atoms with van der Waals surface area (Å²) in [6.45, 7) is 2.33. The third-order valence-corrected chi connectivity index (χ3v) is 7.00. The molecule has 0 bridgehead atoms. The highest BCUT2D eigenvalue weighted by Crippen LogP contribution is 2.49. The zero-order chi connectivity index (χ0) is 20.7. The van der Waals surface area contributed by atoms with Crippen LogP contribution < -0.4 is 5.32 Å². The van der Waals surface area contributed by atoms with Crippen molar-refractivity contribution in [1.29, 1.82) is 0 Å². The number of halogens is 1. The Morgan fingerprint density at radius 1 is 1.13 bits per heavy atom. The Morgan fingerprint density at radius 2 is 1.90 bits per heavy atom. The van der Waals surface area contributed by atoms with E-state index in [1.165, 1.54) is 41.8 Å². The Hall–Kier alpha value is -2.72. The Bertz CT molecular complexity index is 1070. The van der Waals surface area contributed by atoms with Crippen LogP contribution in [0.1, 0.15) is 55.0 Å². The molecular formula is C26H28FN3. The Morgan fingerprint density at radius 3 is 2.63 bits per heavy atom. The molecule has 3 atom stereocenters. The van der Waals surface area contributed by atoms with E-state index in [9.17, 15) is 4.39 Å².